The smallest absolute Gasteiger partial charge is 0.462 e. The zero-order chi connectivity index (χ0) is 74.6. The summed E-state index contributed by atoms with van der Waals surface area (Å²) in [7, 11) is -10.00. The molecule has 19 heteroatoms. The van der Waals surface area contributed by atoms with Gasteiger partial charge in [-0.2, -0.15) is 0 Å². The van der Waals surface area contributed by atoms with E-state index < -0.39 is 97.5 Å². The van der Waals surface area contributed by atoms with Crippen LogP contribution in [0.15, 0.2) is 146 Å². The van der Waals surface area contributed by atoms with Crippen LogP contribution in [0, 0.1) is 0 Å². The fourth-order valence-electron chi connectivity index (χ4n) is 9.90. The molecule has 3 N–H and O–H groups in total. The van der Waals surface area contributed by atoms with E-state index in [1.54, 1.807) is 6.08 Å². The number of esters is 4. The lowest BCUT2D eigenvalue weighted by Gasteiger charge is -2.21. The first kappa shape index (κ1) is 96.9. The third-order valence-corrected chi connectivity index (χ3v) is 17.7. The lowest BCUT2D eigenvalue weighted by Crippen LogP contribution is -2.30. The number of ether oxygens (including phenoxy) is 4. The Kier molecular flexibility index (Phi) is 70.5. The molecule has 0 saturated heterocycles. The number of phosphoric ester groups is 2. The summed E-state index contributed by atoms with van der Waals surface area (Å²) in [5, 5.41) is 10.6. The molecule has 0 aromatic heterocycles. The number of carbonyl (C=O) groups excluding carboxylic acids is 4. The second-order valence-corrected chi connectivity index (χ2v) is 28.5. The highest BCUT2D eigenvalue weighted by Crippen LogP contribution is 2.45. The van der Waals surface area contributed by atoms with E-state index in [2.05, 4.69) is 149 Å². The maximum Gasteiger partial charge on any atom is 0.472 e. The first-order valence-electron chi connectivity index (χ1n) is 39.1. The lowest BCUT2D eigenvalue weighted by atomic mass is 10.1. The first-order valence-corrected chi connectivity index (χ1v) is 42.1. The van der Waals surface area contributed by atoms with Gasteiger partial charge in [0.1, 0.15) is 19.3 Å². The normalized spacial score (nSPS) is 14.7. The highest BCUT2D eigenvalue weighted by atomic mass is 31.2. The van der Waals surface area contributed by atoms with Crippen LogP contribution in [0.2, 0.25) is 0 Å². The summed E-state index contributed by atoms with van der Waals surface area (Å²) in [5.74, 6) is -2.38. The maximum absolute atomic E-state index is 13.1. The largest absolute Gasteiger partial charge is 0.472 e. The van der Waals surface area contributed by atoms with Crippen molar-refractivity contribution >= 4 is 39.5 Å². The minimum atomic E-state index is -5.00. The van der Waals surface area contributed by atoms with Crippen LogP contribution in [0.25, 0.3) is 0 Å². The molecule has 0 aliphatic heterocycles. The second-order valence-electron chi connectivity index (χ2n) is 25.5. The molecule has 582 valence electrons. The molecule has 0 bridgehead atoms. The minimum Gasteiger partial charge on any atom is -0.462 e. The van der Waals surface area contributed by atoms with Crippen molar-refractivity contribution < 1.29 is 80.2 Å². The summed E-state index contributed by atoms with van der Waals surface area (Å²) < 4.78 is 68.4. The Morgan fingerprint density at radius 3 is 0.902 bits per heavy atom. The van der Waals surface area contributed by atoms with Gasteiger partial charge in [-0.05, 0) is 148 Å². The van der Waals surface area contributed by atoms with Crippen LogP contribution in [0.5, 0.6) is 0 Å². The lowest BCUT2D eigenvalue weighted by molar-refractivity contribution is -0.161. The molecular weight excluding hydrogens is 1330 g/mol. The summed E-state index contributed by atoms with van der Waals surface area (Å²) >= 11 is 0. The predicted octanol–water partition coefficient (Wildman–Crippen LogP) is 22.7. The number of aliphatic hydroxyl groups excluding tert-OH is 1. The molecule has 17 nitrogen and oxygen atoms in total. The molecule has 0 aromatic rings. The van der Waals surface area contributed by atoms with Gasteiger partial charge in [-0.3, -0.25) is 37.3 Å². The number of carbonyl (C=O) groups is 4. The van der Waals surface area contributed by atoms with Crippen molar-refractivity contribution in [1.29, 1.82) is 0 Å². The van der Waals surface area contributed by atoms with Gasteiger partial charge in [0.15, 0.2) is 12.2 Å². The number of phosphoric acid groups is 2. The molecule has 0 spiro atoms. The van der Waals surface area contributed by atoms with E-state index in [-0.39, 0.29) is 25.7 Å². The average Bonchev–Trinajstić information content (AvgIpc) is 0.924. The van der Waals surface area contributed by atoms with Crippen molar-refractivity contribution in [2.24, 2.45) is 0 Å². The number of allylic oxidation sites excluding steroid dienone is 23. The Balaban J connectivity index is 5.46. The van der Waals surface area contributed by atoms with E-state index in [0.717, 1.165) is 154 Å². The van der Waals surface area contributed by atoms with Crippen LogP contribution < -0.4 is 0 Å². The highest BCUT2D eigenvalue weighted by Gasteiger charge is 2.30. The van der Waals surface area contributed by atoms with Crippen LogP contribution >= 0.6 is 15.6 Å². The minimum absolute atomic E-state index is 0.0613. The monoisotopic (exact) mass is 1470 g/mol. The molecule has 0 saturated carbocycles. The van der Waals surface area contributed by atoms with Crippen molar-refractivity contribution in [3.63, 3.8) is 0 Å². The van der Waals surface area contributed by atoms with E-state index in [1.807, 2.05) is 18.2 Å². The topological polar surface area (TPSA) is 237 Å². The number of hydrogen-bond acceptors (Lipinski definition) is 15. The SMILES string of the molecule is CC/C=C\C/C=C\C/C=C\C/C=C\C/C=C\CCCCCC(=O)OCC(COP(=O)(O)OCC(O)COP(=O)(O)OCC(COC(=O)C/C=C\C/C=C\C/C=C\C/C=C\C/C=C\CC)OC(=O)CCCCCCC/C=C\CCCCCC)OC(=O)CCCCCCC/C=C\CCCCCCCC. The number of rotatable bonds is 72. The van der Waals surface area contributed by atoms with Gasteiger partial charge < -0.3 is 33.8 Å². The van der Waals surface area contributed by atoms with Crippen LogP contribution in [-0.2, 0) is 65.4 Å². The van der Waals surface area contributed by atoms with Gasteiger partial charge in [0.25, 0.3) is 0 Å². The van der Waals surface area contributed by atoms with Gasteiger partial charge in [-0.1, -0.05) is 270 Å². The van der Waals surface area contributed by atoms with E-state index in [1.165, 1.54) is 64.2 Å². The second kappa shape index (κ2) is 74.2. The van der Waals surface area contributed by atoms with Gasteiger partial charge in [-0.25, -0.2) is 9.13 Å². The molecule has 0 aliphatic carbocycles. The fraction of sp³-hybridized carbons (Fsp3) is 0.663. The van der Waals surface area contributed by atoms with E-state index in [0.29, 0.717) is 25.7 Å². The molecule has 0 radical (unpaired) electrons. The Bertz CT molecular complexity index is 2510. The van der Waals surface area contributed by atoms with E-state index >= 15 is 0 Å². The Labute approximate surface area is 617 Å². The number of aliphatic hydroxyl groups is 1. The van der Waals surface area contributed by atoms with Crippen molar-refractivity contribution in [3.05, 3.63) is 146 Å². The van der Waals surface area contributed by atoms with Crippen molar-refractivity contribution in [2.75, 3.05) is 39.6 Å². The summed E-state index contributed by atoms with van der Waals surface area (Å²) in [6.07, 6.45) is 84.4. The Morgan fingerprint density at radius 1 is 0.294 bits per heavy atom. The molecule has 5 atom stereocenters. The average molecular weight is 1470 g/mol. The van der Waals surface area contributed by atoms with Crippen LogP contribution in [0.1, 0.15) is 297 Å². The van der Waals surface area contributed by atoms with E-state index in [4.69, 9.17) is 37.0 Å². The zero-order valence-corrected chi connectivity index (χ0v) is 65.3. The zero-order valence-electron chi connectivity index (χ0n) is 63.5. The van der Waals surface area contributed by atoms with Crippen molar-refractivity contribution in [2.45, 2.75) is 316 Å². The van der Waals surface area contributed by atoms with Gasteiger partial charge in [0.2, 0.25) is 0 Å². The molecule has 0 aromatic carbocycles. The van der Waals surface area contributed by atoms with Crippen LogP contribution in [0.3, 0.4) is 0 Å². The third-order valence-electron chi connectivity index (χ3n) is 15.8. The third kappa shape index (κ3) is 73.3. The molecule has 0 amide bonds. The molecule has 0 heterocycles. The number of hydrogen-bond donors (Lipinski definition) is 3. The van der Waals surface area contributed by atoms with Gasteiger partial charge >= 0.3 is 39.5 Å². The summed E-state index contributed by atoms with van der Waals surface area (Å²) in [6.45, 7) is 4.45. The molecular formula is C83H138O17P2. The summed E-state index contributed by atoms with van der Waals surface area (Å²) in [4.78, 5) is 72.9. The standard InChI is InChI=1S/C83H138O17P2/c1-5-9-13-17-21-25-29-33-36-37-38-39-42-45-48-52-56-60-64-68-81(86)94-74-79(100-83(88)70-66-62-58-54-50-46-41-35-31-27-23-19-15-11-7-3)76-98-102(91,92)96-72-77(84)71-95-101(89,90)97-75-78(99-82(87)69-65-61-57-53-49-43-32-28-24-20-16-12-8-4)73-93-80(85)67-63-59-55-51-47-44-40-34-30-26-22-18-14-10-6-2/h9-10,13-14,21-22,25-26,28,32-36,38-41,45,47-48,51,59,63,77-79,84H,5-8,11-12,15-20,23-24,27,29-31,37,42-44,46,49-50,52-58,60-62,64-76H2,1-4H3,(H,89,90)(H,91,92)/b13-9-,14-10-,25-21-,26-22-,32-28-,36-33-,39-38-,40-34-,41-35-,48-45-,51-47-,63-59-. The highest BCUT2D eigenvalue weighted by molar-refractivity contribution is 7.47. The van der Waals surface area contributed by atoms with Crippen molar-refractivity contribution in [1.82, 2.24) is 0 Å². The molecule has 5 unspecified atom stereocenters. The summed E-state index contributed by atoms with van der Waals surface area (Å²) in [5.41, 5.74) is 0. The quantitative estimate of drug-likeness (QED) is 0.0169. The molecule has 0 rings (SSSR count). The Hall–Kier alpha value is -5.06. The van der Waals surface area contributed by atoms with Gasteiger partial charge in [-0.15, -0.1) is 0 Å². The summed E-state index contributed by atoms with van der Waals surface area (Å²) in [6, 6.07) is 0. The predicted molar refractivity (Wildman–Crippen MR) is 417 cm³/mol. The first-order chi connectivity index (χ1) is 49.7. The van der Waals surface area contributed by atoms with Crippen LogP contribution in [-0.4, -0.2) is 96.7 Å². The fourth-order valence-corrected chi connectivity index (χ4v) is 11.5. The van der Waals surface area contributed by atoms with Crippen molar-refractivity contribution in [3.8, 4) is 0 Å². The molecule has 0 fully saturated rings. The molecule has 102 heavy (non-hydrogen) atoms. The van der Waals surface area contributed by atoms with Crippen LogP contribution in [0.4, 0.5) is 0 Å². The van der Waals surface area contributed by atoms with Gasteiger partial charge in [0.05, 0.1) is 32.8 Å². The van der Waals surface area contributed by atoms with Gasteiger partial charge in [0, 0.05) is 19.3 Å². The molecule has 0 aliphatic rings. The van der Waals surface area contributed by atoms with E-state index in [9.17, 15) is 43.2 Å². The number of unbranched alkanes of at least 4 members (excludes halogenated alkanes) is 23. The Morgan fingerprint density at radius 2 is 0.549 bits per heavy atom. The maximum atomic E-state index is 13.1.